The number of carbonyl (C=O) groups excluding carboxylic acids is 2. The smallest absolute Gasteiger partial charge is 0.318 e. The Balaban J connectivity index is 1.34. The second-order valence-corrected chi connectivity index (χ2v) is 10.4. The summed E-state index contributed by atoms with van der Waals surface area (Å²) in [4.78, 5) is 39.4. The number of likely N-dealkylation sites (tertiary alicyclic amines) is 1. The number of aromatic nitrogens is 2. The molecule has 0 bridgehead atoms. The highest BCUT2D eigenvalue weighted by Gasteiger charge is 2.32. The van der Waals surface area contributed by atoms with Gasteiger partial charge in [0.2, 0.25) is 5.91 Å². The highest BCUT2D eigenvalue weighted by atomic mass is 35.5. The minimum absolute atomic E-state index is 0.0301. The Morgan fingerprint density at radius 1 is 1.15 bits per heavy atom. The number of hydrogen-bond donors (Lipinski definition) is 0. The number of halogens is 2. The summed E-state index contributed by atoms with van der Waals surface area (Å²) in [5.74, 6) is 5.30. The van der Waals surface area contributed by atoms with Gasteiger partial charge in [-0.1, -0.05) is 41.6 Å². The molecule has 1 atom stereocenters. The van der Waals surface area contributed by atoms with Crippen LogP contribution in [0.3, 0.4) is 0 Å². The zero-order valence-electron chi connectivity index (χ0n) is 23.2. The average Bonchev–Trinajstić information content (AvgIpc) is 3.50. The van der Waals surface area contributed by atoms with E-state index in [0.717, 1.165) is 34.6 Å². The first-order valence-corrected chi connectivity index (χ1v) is 13.8. The van der Waals surface area contributed by atoms with Crippen molar-refractivity contribution in [2.75, 3.05) is 50.7 Å². The van der Waals surface area contributed by atoms with Crippen LogP contribution in [0.1, 0.15) is 30.5 Å². The van der Waals surface area contributed by atoms with Gasteiger partial charge in [-0.05, 0) is 30.4 Å². The molecule has 2 aliphatic rings. The number of ether oxygens (including phenoxy) is 2. The van der Waals surface area contributed by atoms with Crippen molar-refractivity contribution in [1.82, 2.24) is 14.9 Å². The predicted molar refractivity (Wildman–Crippen MR) is 155 cm³/mol. The molecule has 3 heterocycles. The Morgan fingerprint density at radius 2 is 1.95 bits per heavy atom. The number of amides is 1. The van der Waals surface area contributed by atoms with Crippen LogP contribution in [0.15, 0.2) is 30.3 Å². The predicted octanol–water partition coefficient (Wildman–Crippen LogP) is 3.99. The Bertz CT molecular complexity index is 1560. The quantitative estimate of drug-likeness (QED) is 0.320. The molecular formula is C30H31ClFN5O4. The molecule has 0 aliphatic carbocycles. The molecule has 1 aromatic heterocycles. The lowest BCUT2D eigenvalue weighted by atomic mass is 10.0. The molecule has 11 heteroatoms. The summed E-state index contributed by atoms with van der Waals surface area (Å²) in [6.45, 7) is 2.32. The third-order valence-electron chi connectivity index (χ3n) is 7.68. The van der Waals surface area contributed by atoms with Crippen LogP contribution in [-0.4, -0.2) is 73.7 Å². The number of rotatable bonds is 6. The molecule has 41 heavy (non-hydrogen) atoms. The number of likely N-dealkylation sites (N-methyl/N-ethyl adjacent to an activating group) is 1. The maximum absolute atomic E-state index is 14.4. The fourth-order valence-electron chi connectivity index (χ4n) is 5.45. The van der Waals surface area contributed by atoms with Gasteiger partial charge in [-0.2, -0.15) is 9.97 Å². The number of nitrogens with zero attached hydrogens (tertiary/aromatic N) is 5. The number of esters is 1. The molecule has 1 unspecified atom stereocenters. The van der Waals surface area contributed by atoms with Crippen LogP contribution in [0.2, 0.25) is 5.02 Å². The molecule has 3 aromatic rings. The molecule has 0 radical (unpaired) electrons. The summed E-state index contributed by atoms with van der Waals surface area (Å²) in [7, 11) is 4.83. The Kier molecular flexibility index (Phi) is 8.45. The van der Waals surface area contributed by atoms with Gasteiger partial charge >= 0.3 is 12.0 Å². The van der Waals surface area contributed by atoms with E-state index in [4.69, 9.17) is 21.3 Å². The van der Waals surface area contributed by atoms with Crippen LogP contribution < -0.4 is 14.5 Å². The second-order valence-electron chi connectivity index (χ2n) is 10.0. The molecule has 2 aromatic carbocycles. The van der Waals surface area contributed by atoms with Crippen LogP contribution in [0.4, 0.5) is 15.9 Å². The van der Waals surface area contributed by atoms with E-state index in [0.29, 0.717) is 38.0 Å². The lowest BCUT2D eigenvalue weighted by Crippen LogP contribution is -2.39. The summed E-state index contributed by atoms with van der Waals surface area (Å²) >= 11 is 6.42. The first-order valence-electron chi connectivity index (χ1n) is 13.4. The van der Waals surface area contributed by atoms with Crippen molar-refractivity contribution in [3.8, 4) is 17.9 Å². The summed E-state index contributed by atoms with van der Waals surface area (Å²) in [5, 5.41) is 1.66. The van der Waals surface area contributed by atoms with Gasteiger partial charge in [-0.25, -0.2) is 4.39 Å². The Hall–Kier alpha value is -4.10. The van der Waals surface area contributed by atoms with E-state index >= 15 is 0 Å². The molecule has 1 amide bonds. The maximum atomic E-state index is 14.4. The third kappa shape index (κ3) is 5.86. The van der Waals surface area contributed by atoms with Gasteiger partial charge in [0, 0.05) is 49.4 Å². The first-order chi connectivity index (χ1) is 19.8. The summed E-state index contributed by atoms with van der Waals surface area (Å²) < 4.78 is 24.4. The monoisotopic (exact) mass is 579 g/mol. The van der Waals surface area contributed by atoms with Crippen molar-refractivity contribution < 1.29 is 23.5 Å². The van der Waals surface area contributed by atoms with Crippen molar-refractivity contribution in [1.29, 1.82) is 0 Å². The van der Waals surface area contributed by atoms with Gasteiger partial charge in [-0.15, -0.1) is 0 Å². The zero-order chi connectivity index (χ0) is 29.1. The topological polar surface area (TPSA) is 88.1 Å². The molecule has 5 rings (SSSR count). The highest BCUT2D eigenvalue weighted by Crippen LogP contribution is 2.38. The molecule has 0 saturated carbocycles. The van der Waals surface area contributed by atoms with Crippen LogP contribution in [0.25, 0.3) is 10.8 Å². The molecule has 2 aliphatic heterocycles. The molecule has 0 spiro atoms. The van der Waals surface area contributed by atoms with E-state index in [9.17, 15) is 14.0 Å². The summed E-state index contributed by atoms with van der Waals surface area (Å²) in [6, 6.07) is 9.26. The SMILES string of the molecule is COC(=O)CC#CCC(=O)N1CCC(N(C)c2nc(OC)nc3c2CCN(c2cccc4ccc(F)c(Cl)c24)C3)C1. The number of hydrogen-bond acceptors (Lipinski definition) is 8. The minimum atomic E-state index is -0.450. The molecule has 1 fully saturated rings. The molecule has 0 N–H and O–H groups in total. The number of benzene rings is 2. The average molecular weight is 580 g/mol. The van der Waals surface area contributed by atoms with Gasteiger partial charge in [0.15, 0.2) is 0 Å². The van der Waals surface area contributed by atoms with Crippen molar-refractivity contribution >= 4 is 45.8 Å². The van der Waals surface area contributed by atoms with E-state index in [1.54, 1.807) is 11.0 Å². The molecular weight excluding hydrogens is 549 g/mol. The first kappa shape index (κ1) is 28.4. The number of methoxy groups -OCH3 is 2. The van der Waals surface area contributed by atoms with Crippen molar-refractivity contribution in [3.63, 3.8) is 0 Å². The second kappa shape index (κ2) is 12.2. The fourth-order valence-corrected chi connectivity index (χ4v) is 5.71. The molecule has 214 valence electrons. The maximum Gasteiger partial charge on any atom is 0.318 e. The lowest BCUT2D eigenvalue weighted by molar-refractivity contribution is -0.139. The Morgan fingerprint density at radius 3 is 2.73 bits per heavy atom. The number of anilines is 2. The van der Waals surface area contributed by atoms with Crippen molar-refractivity contribution in [3.05, 3.63) is 52.4 Å². The van der Waals surface area contributed by atoms with Crippen LogP contribution in [-0.2, 0) is 27.3 Å². The Labute approximate surface area is 243 Å². The van der Waals surface area contributed by atoms with Gasteiger partial charge < -0.3 is 24.2 Å². The van der Waals surface area contributed by atoms with Gasteiger partial charge in [0.1, 0.15) is 18.1 Å². The van der Waals surface area contributed by atoms with E-state index < -0.39 is 11.8 Å². The number of fused-ring (bicyclic) bond motifs is 2. The van der Waals surface area contributed by atoms with Crippen molar-refractivity contribution in [2.24, 2.45) is 0 Å². The van der Waals surface area contributed by atoms with E-state index in [1.807, 2.05) is 25.2 Å². The van der Waals surface area contributed by atoms with Gasteiger partial charge in [0.05, 0.1) is 37.9 Å². The van der Waals surface area contributed by atoms with Crippen LogP contribution in [0, 0.1) is 17.7 Å². The van der Waals surface area contributed by atoms with Crippen molar-refractivity contribution in [2.45, 2.75) is 38.3 Å². The van der Waals surface area contributed by atoms with Gasteiger partial charge in [0.25, 0.3) is 0 Å². The third-order valence-corrected chi connectivity index (χ3v) is 8.05. The fraction of sp³-hybridized carbons (Fsp3) is 0.400. The zero-order valence-corrected chi connectivity index (χ0v) is 24.0. The van der Waals surface area contributed by atoms with E-state index in [2.05, 4.69) is 31.4 Å². The van der Waals surface area contributed by atoms with E-state index in [1.165, 1.54) is 20.3 Å². The largest absolute Gasteiger partial charge is 0.468 e. The highest BCUT2D eigenvalue weighted by molar-refractivity contribution is 6.36. The van der Waals surface area contributed by atoms with E-state index in [-0.39, 0.29) is 35.8 Å². The summed E-state index contributed by atoms with van der Waals surface area (Å²) in [5.41, 5.74) is 2.71. The standard InChI is InChI=1S/C30H31ClFN5O4/c1-35(20-13-15-37(17-20)25(38)9-4-5-10-26(39)40-2)29-21-14-16-36(18-23(21)33-30(34-29)41-3)24-8-6-7-19-11-12-22(32)28(31)27(19)24/h6-8,11-12,20H,9-10,13-18H2,1-3H3. The summed E-state index contributed by atoms with van der Waals surface area (Å²) in [6.07, 6.45) is 1.48. The van der Waals surface area contributed by atoms with Crippen LogP contribution in [0.5, 0.6) is 6.01 Å². The minimum Gasteiger partial charge on any atom is -0.468 e. The van der Waals surface area contributed by atoms with Crippen LogP contribution >= 0.6 is 11.6 Å². The van der Waals surface area contributed by atoms with Gasteiger partial charge in [-0.3, -0.25) is 9.59 Å². The molecule has 1 saturated heterocycles. The lowest BCUT2D eigenvalue weighted by Gasteiger charge is -2.34. The molecule has 9 nitrogen and oxygen atoms in total. The number of carbonyl (C=O) groups is 2. The normalized spacial score (nSPS) is 16.2.